The molecule has 0 spiro atoms. The van der Waals surface area contributed by atoms with Crippen LogP contribution in [0.1, 0.15) is 50.5 Å². The van der Waals surface area contributed by atoms with Crippen molar-refractivity contribution in [1.29, 1.82) is 0 Å². The number of hydrogen-bond acceptors (Lipinski definition) is 9. The zero-order valence-corrected chi connectivity index (χ0v) is 34.5. The van der Waals surface area contributed by atoms with Crippen LogP contribution < -0.4 is 31.9 Å². The van der Waals surface area contributed by atoms with E-state index in [0.29, 0.717) is 22.2 Å². The van der Waals surface area contributed by atoms with E-state index in [9.17, 15) is 14.4 Å². The zero-order chi connectivity index (χ0) is 40.8. The number of carbonyl (C=O) groups excluding carboxylic acids is 2. The number of fused-ring (bicyclic) bond motifs is 1. The van der Waals surface area contributed by atoms with Gasteiger partial charge in [0.1, 0.15) is 17.8 Å². The van der Waals surface area contributed by atoms with Crippen molar-refractivity contribution in [3.8, 4) is 0 Å². The van der Waals surface area contributed by atoms with Gasteiger partial charge in [-0.15, -0.1) is 0 Å². The van der Waals surface area contributed by atoms with Gasteiger partial charge in [-0.05, 0) is 77.3 Å². The molecule has 298 valence electrons. The molecule has 0 saturated carbocycles. The highest BCUT2D eigenvalue weighted by Crippen LogP contribution is 2.36. The summed E-state index contributed by atoms with van der Waals surface area (Å²) in [5.41, 5.74) is 8.28. The first-order valence-corrected chi connectivity index (χ1v) is 21.2. The van der Waals surface area contributed by atoms with Crippen molar-refractivity contribution in [1.82, 2.24) is 5.32 Å². The lowest BCUT2D eigenvalue weighted by molar-refractivity contribution is -0.140. The van der Waals surface area contributed by atoms with Crippen LogP contribution in [0.2, 0.25) is 5.04 Å². The third-order valence-corrected chi connectivity index (χ3v) is 14.7. The number of nitrogens with zero attached hydrogens (tertiary/aromatic N) is 1. The summed E-state index contributed by atoms with van der Waals surface area (Å²) in [4.78, 5) is 41.2. The summed E-state index contributed by atoms with van der Waals surface area (Å²) in [7, 11) is -2.85. The van der Waals surface area contributed by atoms with Gasteiger partial charge < -0.3 is 34.3 Å². The second kappa shape index (κ2) is 19.9. The summed E-state index contributed by atoms with van der Waals surface area (Å²) in [6.07, 6.45) is 5.31. The number of anilines is 2. The Morgan fingerprint density at radius 3 is 2.11 bits per heavy atom. The Bertz CT molecular complexity index is 2170. The Morgan fingerprint density at radius 2 is 1.49 bits per heavy atom. The van der Waals surface area contributed by atoms with Crippen molar-refractivity contribution in [2.45, 2.75) is 39.7 Å². The molecular formula is C46H53N3O7Si. The molecule has 0 atom stereocenters. The van der Waals surface area contributed by atoms with E-state index in [1.54, 1.807) is 24.3 Å². The smallest absolute Gasteiger partial charge is 0.349 e. The summed E-state index contributed by atoms with van der Waals surface area (Å²) in [5, 5.41) is 5.39. The van der Waals surface area contributed by atoms with E-state index < -0.39 is 25.8 Å². The maximum absolute atomic E-state index is 13.5. The summed E-state index contributed by atoms with van der Waals surface area (Å²) in [5.74, 6) is -1.09. The molecule has 0 fully saturated rings. The first-order chi connectivity index (χ1) is 27.5. The number of nitrogen functional groups attached to an aromatic ring is 1. The van der Waals surface area contributed by atoms with Crippen LogP contribution in [0.3, 0.4) is 0 Å². The van der Waals surface area contributed by atoms with E-state index in [1.165, 1.54) is 6.07 Å². The van der Waals surface area contributed by atoms with Crippen LogP contribution in [0.5, 0.6) is 0 Å². The number of nitrogens with two attached hydrogens (primary N) is 1. The normalized spacial score (nSPS) is 12.2. The fourth-order valence-electron chi connectivity index (χ4n) is 6.78. The molecule has 3 N–H and O–H groups in total. The first kappa shape index (κ1) is 42.4. The minimum Gasteiger partial charge on any atom is -0.460 e. The number of rotatable bonds is 18. The lowest BCUT2D eigenvalue weighted by Gasteiger charge is -2.42. The second-order valence-electron chi connectivity index (χ2n) is 14.5. The minimum absolute atomic E-state index is 0.0147. The molecule has 10 nitrogen and oxygen atoms in total. The largest absolute Gasteiger partial charge is 0.460 e. The summed E-state index contributed by atoms with van der Waals surface area (Å²) >= 11 is 0. The van der Waals surface area contributed by atoms with E-state index in [0.717, 1.165) is 34.7 Å². The Labute approximate surface area is 336 Å². The molecule has 1 aromatic heterocycles. The van der Waals surface area contributed by atoms with Crippen molar-refractivity contribution in [2.75, 3.05) is 56.7 Å². The summed E-state index contributed by atoms with van der Waals surface area (Å²) in [6, 6.07) is 35.1. The highest BCUT2D eigenvalue weighted by atomic mass is 28.4. The maximum Gasteiger partial charge on any atom is 0.349 e. The van der Waals surface area contributed by atoms with Crippen LogP contribution in [0.15, 0.2) is 136 Å². The number of ether oxygens (including phenoxy) is 2. The van der Waals surface area contributed by atoms with E-state index in [4.69, 9.17) is 24.1 Å². The Morgan fingerprint density at radius 1 is 0.842 bits per heavy atom. The zero-order valence-electron chi connectivity index (χ0n) is 33.5. The molecule has 0 bridgehead atoms. The topological polar surface area (TPSA) is 133 Å². The number of carbonyl (C=O) groups is 2. The lowest BCUT2D eigenvalue weighted by Crippen LogP contribution is -2.66. The highest BCUT2D eigenvalue weighted by molar-refractivity contribution is 6.99. The number of amides is 1. The molecular weight excluding hydrogens is 735 g/mol. The number of benzene rings is 4. The molecule has 0 aliphatic rings. The second-order valence-corrected chi connectivity index (χ2v) is 18.8. The van der Waals surface area contributed by atoms with Gasteiger partial charge in [0.15, 0.2) is 0 Å². The average molecular weight is 788 g/mol. The monoisotopic (exact) mass is 787 g/mol. The summed E-state index contributed by atoms with van der Waals surface area (Å²) < 4.78 is 23.8. The standard InChI is InChI=1S/C46H53N3O7Si/c1-6-49(7-2)38-25-22-36-32-41(45(52)56-42(36)33-38)43(50)48-27-29-53-30-31-54-44(51)35(21-18-34-19-23-37(47)24-20-34)26-28-55-57(46(3,4)5,39-14-10-8-11-15-39)40-16-12-9-13-17-40/h8-26,32-33H,6-7,27-31,47H2,1-5H3,(H,48,50). The predicted octanol–water partition coefficient (Wildman–Crippen LogP) is 6.73. The molecule has 0 saturated heterocycles. The van der Waals surface area contributed by atoms with E-state index in [1.807, 2.05) is 72.8 Å². The van der Waals surface area contributed by atoms with Crippen LogP contribution in [-0.2, 0) is 18.7 Å². The fraction of sp³-hybridized carbons (Fsp3) is 0.283. The molecule has 0 unspecified atom stereocenters. The van der Waals surface area contributed by atoms with Crippen LogP contribution in [0.4, 0.5) is 11.4 Å². The average Bonchev–Trinajstić information content (AvgIpc) is 3.21. The molecule has 5 rings (SSSR count). The number of hydrogen-bond donors (Lipinski definition) is 2. The lowest BCUT2D eigenvalue weighted by atomic mass is 10.1. The quantitative estimate of drug-likeness (QED) is 0.0189. The highest BCUT2D eigenvalue weighted by Gasteiger charge is 2.50. The first-order valence-electron chi connectivity index (χ1n) is 19.3. The van der Waals surface area contributed by atoms with Crippen LogP contribution in [-0.4, -0.2) is 66.3 Å². The summed E-state index contributed by atoms with van der Waals surface area (Å²) in [6.45, 7) is 12.9. The minimum atomic E-state index is -2.85. The Balaban J connectivity index is 1.20. The van der Waals surface area contributed by atoms with Crippen LogP contribution >= 0.6 is 0 Å². The SMILES string of the molecule is CCN(CC)c1ccc2cc(C(=O)NCCOCCOC(=O)C(C=Cc3ccc(N)cc3)=CCO[Si](c3ccccc3)(c3ccccc3)C(C)(C)C)c(=O)oc2c1. The number of esters is 1. The molecule has 5 aromatic rings. The van der Waals surface area contributed by atoms with Crippen molar-refractivity contribution in [2.24, 2.45) is 0 Å². The van der Waals surface area contributed by atoms with Crippen molar-refractivity contribution < 1.29 is 27.9 Å². The molecule has 0 aliphatic carbocycles. The Hall–Kier alpha value is -5.75. The van der Waals surface area contributed by atoms with Gasteiger partial charge in [-0.2, -0.15) is 0 Å². The van der Waals surface area contributed by atoms with Gasteiger partial charge in [0.2, 0.25) is 0 Å². The molecule has 0 radical (unpaired) electrons. The Kier molecular flexibility index (Phi) is 14.8. The molecule has 0 aliphatic heterocycles. The molecule has 57 heavy (non-hydrogen) atoms. The third kappa shape index (κ3) is 10.8. The van der Waals surface area contributed by atoms with E-state index in [2.05, 4.69) is 69.1 Å². The predicted molar refractivity (Wildman–Crippen MR) is 232 cm³/mol. The van der Waals surface area contributed by atoms with Crippen molar-refractivity contribution in [3.63, 3.8) is 0 Å². The molecule has 11 heteroatoms. The van der Waals surface area contributed by atoms with Gasteiger partial charge in [-0.1, -0.05) is 99.6 Å². The van der Waals surface area contributed by atoms with Gasteiger partial charge in [-0.25, -0.2) is 9.59 Å². The van der Waals surface area contributed by atoms with Crippen molar-refractivity contribution in [3.05, 3.63) is 148 Å². The van der Waals surface area contributed by atoms with Crippen LogP contribution in [0.25, 0.3) is 17.0 Å². The van der Waals surface area contributed by atoms with Gasteiger partial charge in [0.05, 0.1) is 25.4 Å². The maximum atomic E-state index is 13.5. The molecule has 4 aromatic carbocycles. The van der Waals surface area contributed by atoms with Crippen LogP contribution in [0, 0.1) is 0 Å². The fourth-order valence-corrected chi connectivity index (χ4v) is 11.3. The van der Waals surface area contributed by atoms with Gasteiger partial charge in [-0.3, -0.25) is 4.79 Å². The van der Waals surface area contributed by atoms with E-state index >= 15 is 0 Å². The van der Waals surface area contributed by atoms with Gasteiger partial charge >= 0.3 is 11.6 Å². The van der Waals surface area contributed by atoms with Crippen molar-refractivity contribution >= 4 is 59.0 Å². The molecule has 1 heterocycles. The van der Waals surface area contributed by atoms with E-state index in [-0.39, 0.29) is 43.6 Å². The third-order valence-electron chi connectivity index (χ3n) is 9.73. The van der Waals surface area contributed by atoms with Gasteiger partial charge in [0, 0.05) is 42.5 Å². The number of nitrogens with one attached hydrogen (secondary N) is 1. The molecule has 1 amide bonds. The van der Waals surface area contributed by atoms with Gasteiger partial charge in [0.25, 0.3) is 14.2 Å².